The molecule has 1 unspecified atom stereocenters. The van der Waals surface area contributed by atoms with Crippen molar-refractivity contribution in [3.8, 4) is 5.75 Å². The quantitative estimate of drug-likeness (QED) is 0.939. The molecule has 0 spiro atoms. The van der Waals surface area contributed by atoms with Crippen molar-refractivity contribution in [1.82, 2.24) is 5.32 Å². The van der Waals surface area contributed by atoms with Crippen molar-refractivity contribution in [2.24, 2.45) is 0 Å². The molecule has 22 heavy (non-hydrogen) atoms. The van der Waals surface area contributed by atoms with Gasteiger partial charge in [-0.15, -0.1) is 0 Å². The summed E-state index contributed by atoms with van der Waals surface area (Å²) in [6.07, 6.45) is 2.99. The number of halogens is 1. The van der Waals surface area contributed by atoms with Gasteiger partial charge in [-0.05, 0) is 48.6 Å². The number of carbonyl (C=O) groups is 1. The lowest BCUT2D eigenvalue weighted by Crippen LogP contribution is -2.31. The summed E-state index contributed by atoms with van der Waals surface area (Å²) in [7, 11) is 1.40. The van der Waals surface area contributed by atoms with Crippen molar-refractivity contribution in [2.75, 3.05) is 7.11 Å². The Morgan fingerprint density at radius 1 is 1.27 bits per heavy atom. The van der Waals surface area contributed by atoms with Gasteiger partial charge in [-0.2, -0.15) is 0 Å². The van der Waals surface area contributed by atoms with Crippen LogP contribution in [0.25, 0.3) is 0 Å². The molecule has 0 aromatic heterocycles. The van der Waals surface area contributed by atoms with Gasteiger partial charge in [-0.1, -0.05) is 24.3 Å². The minimum absolute atomic E-state index is 0.0115. The number of hydrogen-bond donors (Lipinski definition) is 1. The molecule has 1 amide bonds. The molecule has 114 valence electrons. The summed E-state index contributed by atoms with van der Waals surface area (Å²) in [5.41, 5.74) is 2.75. The predicted molar refractivity (Wildman–Crippen MR) is 82.5 cm³/mol. The van der Waals surface area contributed by atoms with Gasteiger partial charge < -0.3 is 10.1 Å². The van der Waals surface area contributed by atoms with E-state index >= 15 is 0 Å². The zero-order chi connectivity index (χ0) is 15.5. The van der Waals surface area contributed by atoms with Gasteiger partial charge in [0.15, 0.2) is 11.6 Å². The summed E-state index contributed by atoms with van der Waals surface area (Å²) in [6, 6.07) is 12.4. The number of hydrogen-bond acceptors (Lipinski definition) is 2. The minimum atomic E-state index is -0.529. The number of carbonyl (C=O) groups excluding carboxylic acids is 1. The third-order valence-electron chi connectivity index (χ3n) is 4.09. The van der Waals surface area contributed by atoms with Crippen molar-refractivity contribution < 1.29 is 13.9 Å². The number of amides is 1. The van der Waals surface area contributed by atoms with E-state index in [1.54, 1.807) is 6.07 Å². The largest absolute Gasteiger partial charge is 0.494 e. The number of fused-ring (bicyclic) bond motifs is 1. The molecule has 1 atom stereocenters. The molecule has 3 rings (SSSR count). The van der Waals surface area contributed by atoms with Gasteiger partial charge in [0.05, 0.1) is 13.2 Å². The molecule has 1 aliphatic carbocycles. The van der Waals surface area contributed by atoms with Crippen LogP contribution in [-0.4, -0.2) is 13.0 Å². The van der Waals surface area contributed by atoms with Crippen LogP contribution >= 0.6 is 0 Å². The maximum atomic E-state index is 13.7. The molecule has 3 nitrogen and oxygen atoms in total. The number of aryl methyl sites for hydroxylation is 1. The highest BCUT2D eigenvalue weighted by Crippen LogP contribution is 2.29. The fraction of sp³-hybridized carbons (Fsp3) is 0.278. The molecule has 2 aromatic rings. The highest BCUT2D eigenvalue weighted by molar-refractivity contribution is 5.94. The summed E-state index contributed by atoms with van der Waals surface area (Å²) in [6.45, 7) is 0. The third-order valence-corrected chi connectivity index (χ3v) is 4.09. The first-order valence-electron chi connectivity index (χ1n) is 7.41. The molecular weight excluding hydrogens is 281 g/mol. The smallest absolute Gasteiger partial charge is 0.251 e. The number of rotatable bonds is 3. The molecule has 0 saturated carbocycles. The van der Waals surface area contributed by atoms with Crippen LogP contribution in [0.5, 0.6) is 5.75 Å². The monoisotopic (exact) mass is 299 g/mol. The second-order valence-electron chi connectivity index (χ2n) is 5.47. The molecule has 1 aliphatic rings. The fourth-order valence-corrected chi connectivity index (χ4v) is 2.95. The molecule has 0 heterocycles. The van der Waals surface area contributed by atoms with Crippen LogP contribution < -0.4 is 10.1 Å². The van der Waals surface area contributed by atoms with Crippen LogP contribution in [-0.2, 0) is 6.42 Å². The number of nitrogens with one attached hydrogen (secondary N) is 1. The van der Waals surface area contributed by atoms with Crippen LogP contribution in [0.2, 0.25) is 0 Å². The van der Waals surface area contributed by atoms with E-state index in [9.17, 15) is 9.18 Å². The molecular formula is C18H18FNO2. The third kappa shape index (κ3) is 2.82. The number of benzene rings is 2. The van der Waals surface area contributed by atoms with Crippen molar-refractivity contribution in [2.45, 2.75) is 25.3 Å². The van der Waals surface area contributed by atoms with Crippen LogP contribution in [0, 0.1) is 5.82 Å². The fourth-order valence-electron chi connectivity index (χ4n) is 2.95. The van der Waals surface area contributed by atoms with Crippen molar-refractivity contribution in [3.63, 3.8) is 0 Å². The molecule has 0 saturated heterocycles. The number of ether oxygens (including phenoxy) is 1. The highest BCUT2D eigenvalue weighted by atomic mass is 19.1. The summed E-state index contributed by atoms with van der Waals surface area (Å²) in [5.74, 6) is -0.651. The van der Waals surface area contributed by atoms with Crippen LogP contribution in [0.3, 0.4) is 0 Å². The van der Waals surface area contributed by atoms with Crippen molar-refractivity contribution >= 4 is 5.91 Å². The van der Waals surface area contributed by atoms with Crippen LogP contribution in [0.1, 0.15) is 40.4 Å². The SMILES string of the molecule is COc1ccc(C(=O)NC2CCCc3ccccc32)cc1F. The van der Waals surface area contributed by atoms with E-state index in [2.05, 4.69) is 11.4 Å². The molecule has 0 aliphatic heterocycles. The van der Waals surface area contributed by atoms with Crippen LogP contribution in [0.15, 0.2) is 42.5 Å². The molecule has 2 aromatic carbocycles. The first kappa shape index (κ1) is 14.6. The summed E-state index contributed by atoms with van der Waals surface area (Å²) < 4.78 is 18.6. The second-order valence-corrected chi connectivity index (χ2v) is 5.47. The Morgan fingerprint density at radius 3 is 2.86 bits per heavy atom. The van der Waals surface area contributed by atoms with E-state index in [4.69, 9.17) is 4.74 Å². The summed E-state index contributed by atoms with van der Waals surface area (Å²) in [4.78, 5) is 12.4. The molecule has 0 fully saturated rings. The zero-order valence-electron chi connectivity index (χ0n) is 12.4. The Hall–Kier alpha value is -2.36. The summed E-state index contributed by atoms with van der Waals surface area (Å²) >= 11 is 0. The minimum Gasteiger partial charge on any atom is -0.494 e. The Kier molecular flexibility index (Phi) is 4.09. The lowest BCUT2D eigenvalue weighted by Gasteiger charge is -2.26. The van der Waals surface area contributed by atoms with Crippen LogP contribution in [0.4, 0.5) is 4.39 Å². The van der Waals surface area contributed by atoms with Gasteiger partial charge in [0.2, 0.25) is 0 Å². The van der Waals surface area contributed by atoms with Gasteiger partial charge in [0, 0.05) is 5.56 Å². The maximum Gasteiger partial charge on any atom is 0.251 e. The Morgan fingerprint density at radius 2 is 2.09 bits per heavy atom. The van der Waals surface area contributed by atoms with E-state index in [1.807, 2.05) is 18.2 Å². The average Bonchev–Trinajstić information content (AvgIpc) is 2.55. The van der Waals surface area contributed by atoms with E-state index in [1.165, 1.54) is 24.8 Å². The predicted octanol–water partition coefficient (Wildman–Crippen LogP) is 3.64. The Balaban J connectivity index is 1.79. The lowest BCUT2D eigenvalue weighted by atomic mass is 9.87. The normalized spacial score (nSPS) is 16.7. The van der Waals surface area contributed by atoms with Gasteiger partial charge in [0.25, 0.3) is 5.91 Å². The Bertz CT molecular complexity index is 699. The molecule has 4 heteroatoms. The topological polar surface area (TPSA) is 38.3 Å². The molecule has 0 bridgehead atoms. The molecule has 0 radical (unpaired) electrons. The maximum absolute atomic E-state index is 13.7. The van der Waals surface area contributed by atoms with E-state index in [0.717, 1.165) is 24.8 Å². The lowest BCUT2D eigenvalue weighted by molar-refractivity contribution is 0.0932. The van der Waals surface area contributed by atoms with Crippen molar-refractivity contribution in [1.29, 1.82) is 0 Å². The second kappa shape index (κ2) is 6.18. The Labute approximate surface area is 129 Å². The standard InChI is InChI=1S/C18H18FNO2/c1-22-17-10-9-13(11-15(17)19)18(21)20-16-8-4-6-12-5-2-3-7-14(12)16/h2-3,5,7,9-11,16H,4,6,8H2,1H3,(H,20,21). The van der Waals surface area contributed by atoms with E-state index in [-0.39, 0.29) is 17.7 Å². The number of methoxy groups -OCH3 is 1. The van der Waals surface area contributed by atoms with Gasteiger partial charge in [0.1, 0.15) is 0 Å². The van der Waals surface area contributed by atoms with E-state index in [0.29, 0.717) is 5.56 Å². The summed E-state index contributed by atoms with van der Waals surface area (Å²) in [5, 5.41) is 3.01. The van der Waals surface area contributed by atoms with Gasteiger partial charge in [-0.25, -0.2) is 4.39 Å². The zero-order valence-corrected chi connectivity index (χ0v) is 12.4. The van der Waals surface area contributed by atoms with Crippen molar-refractivity contribution in [3.05, 3.63) is 65.0 Å². The first-order valence-corrected chi connectivity index (χ1v) is 7.41. The van der Waals surface area contributed by atoms with Gasteiger partial charge in [-0.3, -0.25) is 4.79 Å². The van der Waals surface area contributed by atoms with Gasteiger partial charge >= 0.3 is 0 Å². The van der Waals surface area contributed by atoms with E-state index < -0.39 is 5.82 Å². The highest BCUT2D eigenvalue weighted by Gasteiger charge is 2.22. The molecule has 1 N–H and O–H groups in total. The first-order chi connectivity index (χ1) is 10.7. The average molecular weight is 299 g/mol.